The van der Waals surface area contributed by atoms with E-state index in [1.807, 2.05) is 0 Å². The highest BCUT2D eigenvalue weighted by Gasteiger charge is 2.25. The fourth-order valence-electron chi connectivity index (χ4n) is 2.60. The number of aromatic amines is 1. The van der Waals surface area contributed by atoms with Gasteiger partial charge in [0, 0.05) is 19.0 Å². The Morgan fingerprint density at radius 2 is 2.17 bits per heavy atom. The van der Waals surface area contributed by atoms with Crippen molar-refractivity contribution in [1.29, 1.82) is 0 Å². The predicted octanol–water partition coefficient (Wildman–Crippen LogP) is 1.05. The summed E-state index contributed by atoms with van der Waals surface area (Å²) >= 11 is 5.82. The topological polar surface area (TPSA) is 96.8 Å². The smallest absolute Gasteiger partial charge is 0.279 e. The number of fused-ring (bicyclic) bond motifs is 1. The van der Waals surface area contributed by atoms with E-state index in [1.54, 1.807) is 0 Å². The van der Waals surface area contributed by atoms with Gasteiger partial charge in [-0.05, 0) is 31.0 Å². The van der Waals surface area contributed by atoms with Gasteiger partial charge in [0.15, 0.2) is 0 Å². The van der Waals surface area contributed by atoms with Crippen LogP contribution in [-0.4, -0.2) is 29.2 Å². The van der Waals surface area contributed by atoms with Crippen LogP contribution in [0.15, 0.2) is 27.9 Å². The Hall–Kier alpha value is -1.71. The second kappa shape index (κ2) is 6.06. The lowest BCUT2D eigenvalue weighted by Gasteiger charge is -2.16. The number of aromatic nitrogens is 3. The third kappa shape index (κ3) is 3.31. The standard InChI is InChI=1S/C13H14ClFN4O3S/c14-10-7-8(15)1-3-11(10)23(21,22)18-9-2-4-12-16-17-13(20)19(12)6-5-9/h1,3,7,9,18H,2,4-6H2,(H,17,20). The van der Waals surface area contributed by atoms with Crippen LogP contribution in [0.1, 0.15) is 18.7 Å². The van der Waals surface area contributed by atoms with Gasteiger partial charge < -0.3 is 0 Å². The second-order valence-electron chi connectivity index (χ2n) is 5.32. The van der Waals surface area contributed by atoms with Crippen LogP contribution in [0, 0.1) is 5.82 Å². The summed E-state index contributed by atoms with van der Waals surface area (Å²) in [5.74, 6) is 0.00424. The molecule has 0 radical (unpaired) electrons. The number of hydrogen-bond donors (Lipinski definition) is 2. The molecule has 2 N–H and O–H groups in total. The van der Waals surface area contributed by atoms with Crippen LogP contribution in [0.2, 0.25) is 5.02 Å². The van der Waals surface area contributed by atoms with E-state index in [2.05, 4.69) is 14.9 Å². The van der Waals surface area contributed by atoms with Crippen molar-refractivity contribution in [2.45, 2.75) is 36.7 Å². The normalized spacial score (nSPS) is 18.4. The summed E-state index contributed by atoms with van der Waals surface area (Å²) in [6, 6.07) is 2.77. The maximum atomic E-state index is 13.1. The van der Waals surface area contributed by atoms with Crippen LogP contribution >= 0.6 is 11.6 Å². The van der Waals surface area contributed by atoms with E-state index < -0.39 is 15.8 Å². The first kappa shape index (κ1) is 16.2. The van der Waals surface area contributed by atoms with Gasteiger partial charge in [-0.2, -0.15) is 5.10 Å². The Bertz CT molecular complexity index is 893. The molecule has 1 aromatic carbocycles. The number of aryl methyl sites for hydroxylation is 1. The third-order valence-electron chi connectivity index (χ3n) is 3.76. The molecule has 0 saturated heterocycles. The summed E-state index contributed by atoms with van der Waals surface area (Å²) in [7, 11) is -3.87. The molecule has 0 aliphatic carbocycles. The molecule has 0 spiro atoms. The minimum absolute atomic E-state index is 0.166. The highest BCUT2D eigenvalue weighted by molar-refractivity contribution is 7.89. The van der Waals surface area contributed by atoms with E-state index in [1.165, 1.54) is 4.57 Å². The lowest BCUT2D eigenvalue weighted by molar-refractivity contribution is 0.493. The van der Waals surface area contributed by atoms with Crippen LogP contribution in [0.5, 0.6) is 0 Å². The van der Waals surface area contributed by atoms with Crippen LogP contribution in [-0.2, 0) is 23.0 Å². The maximum Gasteiger partial charge on any atom is 0.343 e. The molecule has 3 rings (SSSR count). The zero-order valence-corrected chi connectivity index (χ0v) is 13.5. The summed E-state index contributed by atoms with van der Waals surface area (Å²) in [4.78, 5) is 11.4. The molecule has 2 heterocycles. The summed E-state index contributed by atoms with van der Waals surface area (Å²) in [6.07, 6.45) is 1.43. The second-order valence-corrected chi connectivity index (χ2v) is 7.41. The molecule has 1 aromatic heterocycles. The molecule has 2 aromatic rings. The van der Waals surface area contributed by atoms with Crippen molar-refractivity contribution in [2.24, 2.45) is 0 Å². The van der Waals surface area contributed by atoms with E-state index in [0.29, 0.717) is 31.6 Å². The van der Waals surface area contributed by atoms with Gasteiger partial charge >= 0.3 is 5.69 Å². The van der Waals surface area contributed by atoms with E-state index in [4.69, 9.17) is 11.6 Å². The Labute approximate surface area is 136 Å². The summed E-state index contributed by atoms with van der Waals surface area (Å²) < 4.78 is 42.0. The van der Waals surface area contributed by atoms with Gasteiger partial charge in [0.05, 0.1) is 5.02 Å². The summed E-state index contributed by atoms with van der Waals surface area (Å²) in [6.45, 7) is 0.370. The van der Waals surface area contributed by atoms with E-state index in [-0.39, 0.29) is 21.6 Å². The number of nitrogens with one attached hydrogen (secondary N) is 2. The van der Waals surface area contributed by atoms with Crippen molar-refractivity contribution < 1.29 is 12.8 Å². The third-order valence-corrected chi connectivity index (χ3v) is 5.76. The molecule has 0 amide bonds. The fourth-order valence-corrected chi connectivity index (χ4v) is 4.43. The number of nitrogens with zero attached hydrogens (tertiary/aromatic N) is 2. The minimum atomic E-state index is -3.87. The molecule has 1 aliphatic rings. The number of sulfonamides is 1. The largest absolute Gasteiger partial charge is 0.343 e. The summed E-state index contributed by atoms with van der Waals surface area (Å²) in [5, 5.41) is 6.12. The van der Waals surface area contributed by atoms with Crippen LogP contribution in [0.4, 0.5) is 4.39 Å². The van der Waals surface area contributed by atoms with Crippen molar-refractivity contribution in [1.82, 2.24) is 19.5 Å². The van der Waals surface area contributed by atoms with Crippen molar-refractivity contribution in [3.05, 3.63) is 45.3 Å². The Balaban J connectivity index is 1.78. The molecule has 0 bridgehead atoms. The average molecular weight is 361 g/mol. The highest BCUT2D eigenvalue weighted by Crippen LogP contribution is 2.23. The number of benzene rings is 1. The van der Waals surface area contributed by atoms with Gasteiger partial charge in [0.1, 0.15) is 16.5 Å². The van der Waals surface area contributed by atoms with Gasteiger partial charge in [-0.25, -0.2) is 27.4 Å². The van der Waals surface area contributed by atoms with Crippen LogP contribution in [0.3, 0.4) is 0 Å². The zero-order valence-electron chi connectivity index (χ0n) is 11.9. The molecule has 23 heavy (non-hydrogen) atoms. The Kier molecular flexibility index (Phi) is 4.26. The molecular formula is C13H14ClFN4O3S. The monoisotopic (exact) mass is 360 g/mol. The van der Waals surface area contributed by atoms with Crippen molar-refractivity contribution >= 4 is 21.6 Å². The number of halogens is 2. The maximum absolute atomic E-state index is 13.1. The zero-order chi connectivity index (χ0) is 16.6. The first-order chi connectivity index (χ1) is 10.9. The SMILES string of the molecule is O=c1[nH]nc2n1CCC(NS(=O)(=O)c1ccc(F)cc1Cl)CC2. The number of hydrogen-bond acceptors (Lipinski definition) is 4. The lowest BCUT2D eigenvalue weighted by atomic mass is 10.1. The lowest BCUT2D eigenvalue weighted by Crippen LogP contribution is -2.35. The Morgan fingerprint density at radius 3 is 2.91 bits per heavy atom. The quantitative estimate of drug-likeness (QED) is 0.854. The molecule has 1 unspecified atom stereocenters. The molecule has 7 nitrogen and oxygen atoms in total. The fraction of sp³-hybridized carbons (Fsp3) is 0.385. The molecule has 10 heteroatoms. The highest BCUT2D eigenvalue weighted by atomic mass is 35.5. The molecule has 124 valence electrons. The first-order valence-corrected chi connectivity index (χ1v) is 8.84. The average Bonchev–Trinajstić information content (AvgIpc) is 2.69. The Morgan fingerprint density at radius 1 is 1.39 bits per heavy atom. The van der Waals surface area contributed by atoms with Crippen molar-refractivity contribution in [2.75, 3.05) is 0 Å². The number of rotatable bonds is 3. The summed E-state index contributed by atoms with van der Waals surface area (Å²) in [5.41, 5.74) is -0.301. The van der Waals surface area contributed by atoms with E-state index in [0.717, 1.165) is 18.2 Å². The van der Waals surface area contributed by atoms with E-state index in [9.17, 15) is 17.6 Å². The van der Waals surface area contributed by atoms with Crippen LogP contribution < -0.4 is 10.4 Å². The van der Waals surface area contributed by atoms with E-state index >= 15 is 0 Å². The van der Waals surface area contributed by atoms with Gasteiger partial charge in [-0.15, -0.1) is 0 Å². The molecular weight excluding hydrogens is 347 g/mol. The minimum Gasteiger partial charge on any atom is -0.279 e. The van der Waals surface area contributed by atoms with Gasteiger partial charge in [-0.1, -0.05) is 11.6 Å². The van der Waals surface area contributed by atoms with Crippen molar-refractivity contribution in [3.8, 4) is 0 Å². The molecule has 0 fully saturated rings. The van der Waals surface area contributed by atoms with Gasteiger partial charge in [0.25, 0.3) is 0 Å². The van der Waals surface area contributed by atoms with Crippen molar-refractivity contribution in [3.63, 3.8) is 0 Å². The van der Waals surface area contributed by atoms with Gasteiger partial charge in [-0.3, -0.25) is 4.57 Å². The first-order valence-electron chi connectivity index (χ1n) is 6.98. The predicted molar refractivity (Wildman–Crippen MR) is 81.3 cm³/mol. The molecule has 1 aliphatic heterocycles. The molecule has 0 saturated carbocycles. The van der Waals surface area contributed by atoms with Crippen LogP contribution in [0.25, 0.3) is 0 Å². The van der Waals surface area contributed by atoms with Gasteiger partial charge in [0.2, 0.25) is 10.0 Å². The molecule has 1 atom stereocenters. The number of H-pyrrole nitrogens is 1.